The van der Waals surface area contributed by atoms with Crippen molar-refractivity contribution in [1.29, 1.82) is 0 Å². The van der Waals surface area contributed by atoms with Crippen molar-refractivity contribution >= 4 is 11.8 Å². The molecule has 0 atom stereocenters. The van der Waals surface area contributed by atoms with Crippen LogP contribution >= 0.6 is 0 Å². The van der Waals surface area contributed by atoms with Gasteiger partial charge in [0.1, 0.15) is 12.4 Å². The number of hydrazine groups is 1. The van der Waals surface area contributed by atoms with Crippen molar-refractivity contribution in [3.05, 3.63) is 29.2 Å². The molecule has 1 amide bonds. The van der Waals surface area contributed by atoms with Crippen molar-refractivity contribution in [2.75, 3.05) is 33.9 Å². The normalized spacial score (nSPS) is 15.4. The Bertz CT molecular complexity index is 735. The maximum absolute atomic E-state index is 12.3. The van der Waals surface area contributed by atoms with Crippen molar-refractivity contribution in [2.45, 2.75) is 51.6 Å². The fourth-order valence-corrected chi connectivity index (χ4v) is 3.33. The molecule has 4 N–H and O–H groups in total. The van der Waals surface area contributed by atoms with Gasteiger partial charge in [0.25, 0.3) is 0 Å². The molecule has 8 nitrogen and oxygen atoms in total. The zero-order chi connectivity index (χ0) is 22.1. The lowest BCUT2D eigenvalue weighted by Crippen LogP contribution is -2.34. The third-order valence-electron chi connectivity index (χ3n) is 5.17. The first-order valence-electron chi connectivity index (χ1n) is 10.4. The lowest BCUT2D eigenvalue weighted by atomic mass is 9.98. The average molecular weight is 424 g/mol. The number of pyridine rings is 1. The van der Waals surface area contributed by atoms with E-state index in [9.17, 15) is 9.18 Å². The summed E-state index contributed by atoms with van der Waals surface area (Å²) < 4.78 is 23.7. The van der Waals surface area contributed by atoms with Crippen LogP contribution in [-0.2, 0) is 4.74 Å². The molecular formula is C21H34FN5O3. The third-order valence-corrected chi connectivity index (χ3v) is 5.17. The highest BCUT2D eigenvalue weighted by atomic mass is 19.1. The molecule has 30 heavy (non-hydrogen) atoms. The fraction of sp³-hybridized carbons (Fsp3) is 0.619. The van der Waals surface area contributed by atoms with E-state index in [4.69, 9.17) is 21.1 Å². The summed E-state index contributed by atoms with van der Waals surface area (Å²) >= 11 is 0. The molecule has 1 aromatic rings. The summed E-state index contributed by atoms with van der Waals surface area (Å²) in [5.41, 5.74) is 8.27. The molecule has 0 bridgehead atoms. The van der Waals surface area contributed by atoms with E-state index in [1.807, 2.05) is 13.0 Å². The van der Waals surface area contributed by atoms with Gasteiger partial charge in [-0.1, -0.05) is 6.42 Å². The summed E-state index contributed by atoms with van der Waals surface area (Å²) in [6, 6.07) is 3.64. The molecule has 0 saturated heterocycles. The molecule has 0 unspecified atom stereocenters. The molecule has 2 rings (SSSR count). The zero-order valence-electron chi connectivity index (χ0n) is 18.2. The van der Waals surface area contributed by atoms with Crippen LogP contribution in [0.2, 0.25) is 0 Å². The van der Waals surface area contributed by atoms with E-state index >= 15 is 0 Å². The molecular weight excluding hydrogens is 389 g/mol. The van der Waals surface area contributed by atoms with Gasteiger partial charge in [-0.25, -0.2) is 15.6 Å². The minimum Gasteiger partial charge on any atom is -0.489 e. The van der Waals surface area contributed by atoms with Crippen molar-refractivity contribution in [1.82, 2.24) is 14.9 Å². The van der Waals surface area contributed by atoms with Gasteiger partial charge in [0, 0.05) is 20.6 Å². The lowest BCUT2D eigenvalue weighted by Gasteiger charge is -2.24. The summed E-state index contributed by atoms with van der Waals surface area (Å²) in [7, 11) is 3.16. The van der Waals surface area contributed by atoms with Gasteiger partial charge in [0.15, 0.2) is 0 Å². The van der Waals surface area contributed by atoms with E-state index in [-0.39, 0.29) is 25.7 Å². The van der Waals surface area contributed by atoms with Crippen LogP contribution in [0.5, 0.6) is 5.75 Å². The molecule has 9 heteroatoms. The van der Waals surface area contributed by atoms with E-state index in [1.54, 1.807) is 20.2 Å². The van der Waals surface area contributed by atoms with Crippen LogP contribution in [0.15, 0.2) is 17.8 Å². The molecule has 168 valence electrons. The Morgan fingerprint density at radius 3 is 2.57 bits per heavy atom. The van der Waals surface area contributed by atoms with Crippen LogP contribution in [0.3, 0.4) is 0 Å². The van der Waals surface area contributed by atoms with Crippen molar-refractivity contribution in [3.8, 4) is 5.75 Å². The number of carbonyl (C=O) groups excluding carboxylic acids is 1. The lowest BCUT2D eigenvalue weighted by molar-refractivity contribution is 0.112. The monoisotopic (exact) mass is 423 g/mol. The number of rotatable bonds is 9. The van der Waals surface area contributed by atoms with E-state index in [0.29, 0.717) is 17.1 Å². The largest absolute Gasteiger partial charge is 0.489 e. The highest BCUT2D eigenvalue weighted by Gasteiger charge is 2.18. The topological polar surface area (TPSA) is 107 Å². The van der Waals surface area contributed by atoms with Gasteiger partial charge >= 0.3 is 6.09 Å². The Kier molecular flexibility index (Phi) is 9.16. The van der Waals surface area contributed by atoms with Crippen LogP contribution in [0.4, 0.5) is 9.18 Å². The molecule has 1 aromatic heterocycles. The van der Waals surface area contributed by atoms with E-state index < -0.39 is 12.8 Å². The standard InChI is InChI=1S/C21H34FN5O3/c1-15-19(30-16-8-5-4-6-9-16)11-10-17(25-15)20(23)18(27(3)24)14-29-21(28)26(2)13-7-12-22/h10-11,16H,4-9,12-14,23-24H2,1-3H3/b20-18-. The summed E-state index contributed by atoms with van der Waals surface area (Å²) in [4.78, 5) is 17.9. The Morgan fingerprint density at radius 1 is 1.27 bits per heavy atom. The van der Waals surface area contributed by atoms with Gasteiger partial charge in [-0.3, -0.25) is 4.39 Å². The minimum atomic E-state index is -0.573. The van der Waals surface area contributed by atoms with E-state index in [1.165, 1.54) is 29.2 Å². The van der Waals surface area contributed by atoms with E-state index in [0.717, 1.165) is 24.3 Å². The molecule has 1 saturated carbocycles. The summed E-state index contributed by atoms with van der Waals surface area (Å²) in [5, 5.41) is 1.30. The molecule has 0 aromatic carbocycles. The predicted octanol–water partition coefficient (Wildman–Crippen LogP) is 2.96. The predicted molar refractivity (Wildman–Crippen MR) is 114 cm³/mol. The van der Waals surface area contributed by atoms with Gasteiger partial charge in [0.05, 0.1) is 35.6 Å². The van der Waals surface area contributed by atoms with Crippen LogP contribution < -0.4 is 16.3 Å². The molecule has 0 aliphatic heterocycles. The third kappa shape index (κ3) is 6.76. The number of amides is 1. The van der Waals surface area contributed by atoms with Crippen LogP contribution in [0, 0.1) is 6.92 Å². The number of nitrogens with two attached hydrogens (primary N) is 2. The fourth-order valence-electron chi connectivity index (χ4n) is 3.33. The summed E-state index contributed by atoms with van der Waals surface area (Å²) in [6.45, 7) is 1.53. The van der Waals surface area contributed by atoms with Crippen molar-refractivity contribution in [3.63, 3.8) is 0 Å². The Labute approximate surface area is 178 Å². The number of aromatic nitrogens is 1. The van der Waals surface area contributed by atoms with Gasteiger partial charge < -0.3 is 25.1 Å². The number of ether oxygens (including phenoxy) is 2. The number of nitrogens with zero attached hydrogens (tertiary/aromatic N) is 3. The minimum absolute atomic E-state index is 0.126. The van der Waals surface area contributed by atoms with Gasteiger partial charge in [-0.15, -0.1) is 0 Å². The van der Waals surface area contributed by atoms with Crippen LogP contribution in [0.25, 0.3) is 5.70 Å². The first kappa shape index (κ1) is 23.7. The van der Waals surface area contributed by atoms with Gasteiger partial charge in [-0.05, 0) is 51.2 Å². The Hall–Kier alpha value is -2.55. The molecule has 1 fully saturated rings. The number of hydrogen-bond acceptors (Lipinski definition) is 7. The SMILES string of the molecule is Cc1nc(/C(N)=C(\COC(=O)N(C)CCCF)N(C)N)ccc1OC1CCCCC1. The molecule has 0 spiro atoms. The Balaban J connectivity index is 2.09. The Morgan fingerprint density at radius 2 is 1.97 bits per heavy atom. The first-order chi connectivity index (χ1) is 14.3. The number of halogens is 1. The number of hydrogen-bond donors (Lipinski definition) is 2. The number of aryl methyl sites for hydroxylation is 1. The molecule has 1 aliphatic carbocycles. The van der Waals surface area contributed by atoms with Crippen LogP contribution in [0.1, 0.15) is 49.9 Å². The second kappa shape index (κ2) is 11.6. The molecule has 1 heterocycles. The van der Waals surface area contributed by atoms with Gasteiger partial charge in [-0.2, -0.15) is 0 Å². The van der Waals surface area contributed by atoms with Gasteiger partial charge in [0.2, 0.25) is 0 Å². The summed E-state index contributed by atoms with van der Waals surface area (Å²) in [6.07, 6.45) is 5.70. The number of likely N-dealkylation sites (N-methyl/N-ethyl adjacent to an activating group) is 1. The van der Waals surface area contributed by atoms with Crippen LogP contribution in [-0.4, -0.2) is 61.0 Å². The molecule has 1 aliphatic rings. The second-order valence-electron chi connectivity index (χ2n) is 7.65. The highest BCUT2D eigenvalue weighted by molar-refractivity contribution is 5.68. The second-order valence-corrected chi connectivity index (χ2v) is 7.65. The quantitative estimate of drug-likeness (QED) is 0.464. The van der Waals surface area contributed by atoms with Crippen molar-refractivity contribution < 1.29 is 18.7 Å². The first-order valence-corrected chi connectivity index (χ1v) is 10.4. The highest BCUT2D eigenvalue weighted by Crippen LogP contribution is 2.26. The molecule has 0 radical (unpaired) electrons. The van der Waals surface area contributed by atoms with Crippen molar-refractivity contribution in [2.24, 2.45) is 11.6 Å². The van der Waals surface area contributed by atoms with E-state index in [2.05, 4.69) is 4.98 Å². The smallest absolute Gasteiger partial charge is 0.409 e. The maximum atomic E-state index is 12.3. The zero-order valence-corrected chi connectivity index (χ0v) is 18.2. The number of alkyl halides is 1. The summed E-state index contributed by atoms with van der Waals surface area (Å²) in [5.74, 6) is 6.65. The number of carbonyl (C=O) groups is 1. The average Bonchev–Trinajstić information content (AvgIpc) is 2.73. The maximum Gasteiger partial charge on any atom is 0.409 e.